The van der Waals surface area contributed by atoms with Crippen LogP contribution < -0.4 is 5.32 Å². The molecule has 1 atom stereocenters. The summed E-state index contributed by atoms with van der Waals surface area (Å²) in [7, 11) is -3.38. The van der Waals surface area contributed by atoms with Crippen LogP contribution in [0.15, 0.2) is 59.5 Å². The molecule has 1 heterocycles. The second-order valence-electron chi connectivity index (χ2n) is 6.11. The highest BCUT2D eigenvalue weighted by Crippen LogP contribution is 2.17. The zero-order valence-electron chi connectivity index (χ0n) is 13.9. The van der Waals surface area contributed by atoms with Crippen LogP contribution in [0.2, 0.25) is 0 Å². The smallest absolute Gasteiger partial charge is 0.251 e. The van der Waals surface area contributed by atoms with Gasteiger partial charge in [-0.1, -0.05) is 30.3 Å². The summed E-state index contributed by atoms with van der Waals surface area (Å²) >= 11 is 0. The fourth-order valence-electron chi connectivity index (χ4n) is 2.80. The van der Waals surface area contributed by atoms with E-state index in [4.69, 9.17) is 4.74 Å². The van der Waals surface area contributed by atoms with Crippen LogP contribution in [-0.4, -0.2) is 33.6 Å². The van der Waals surface area contributed by atoms with Gasteiger partial charge >= 0.3 is 0 Å². The third-order valence-corrected chi connectivity index (χ3v) is 5.89. The van der Waals surface area contributed by atoms with E-state index in [1.54, 1.807) is 54.6 Å². The molecule has 1 N–H and O–H groups in total. The number of hydrogen-bond donors (Lipinski definition) is 1. The first-order valence-electron chi connectivity index (χ1n) is 8.31. The monoisotopic (exact) mass is 359 g/mol. The summed E-state index contributed by atoms with van der Waals surface area (Å²) in [6, 6.07) is 15.0. The van der Waals surface area contributed by atoms with E-state index in [0.717, 1.165) is 19.4 Å². The molecule has 2 aromatic rings. The summed E-state index contributed by atoms with van der Waals surface area (Å²) in [6.07, 6.45) is 2.10. The van der Waals surface area contributed by atoms with E-state index in [2.05, 4.69) is 5.32 Å². The molecule has 0 saturated carbocycles. The summed E-state index contributed by atoms with van der Waals surface area (Å²) in [6.45, 7) is 1.26. The van der Waals surface area contributed by atoms with Crippen LogP contribution in [-0.2, 0) is 20.3 Å². The minimum absolute atomic E-state index is 0.0885. The summed E-state index contributed by atoms with van der Waals surface area (Å²) in [4.78, 5) is 12.4. The van der Waals surface area contributed by atoms with Gasteiger partial charge in [-0.05, 0) is 42.7 Å². The summed E-state index contributed by atoms with van der Waals surface area (Å²) in [5.41, 5.74) is 1.17. The van der Waals surface area contributed by atoms with Crippen molar-refractivity contribution in [2.45, 2.75) is 29.6 Å². The summed E-state index contributed by atoms with van der Waals surface area (Å²) in [5, 5.41) is 2.85. The number of rotatable bonds is 6. The lowest BCUT2D eigenvalue weighted by molar-refractivity contribution is 0.0858. The maximum atomic E-state index is 12.4. The van der Waals surface area contributed by atoms with Crippen molar-refractivity contribution in [3.63, 3.8) is 0 Å². The van der Waals surface area contributed by atoms with Crippen LogP contribution in [0, 0.1) is 0 Å². The minimum atomic E-state index is -3.38. The van der Waals surface area contributed by atoms with Gasteiger partial charge < -0.3 is 10.1 Å². The zero-order chi connectivity index (χ0) is 17.7. The van der Waals surface area contributed by atoms with Crippen molar-refractivity contribution < 1.29 is 17.9 Å². The molecular formula is C19H21NO4S. The van der Waals surface area contributed by atoms with E-state index in [0.29, 0.717) is 22.6 Å². The Morgan fingerprint density at radius 3 is 2.44 bits per heavy atom. The molecule has 0 radical (unpaired) electrons. The fourth-order valence-corrected chi connectivity index (χ4v) is 4.17. The van der Waals surface area contributed by atoms with Gasteiger partial charge in [-0.25, -0.2) is 8.42 Å². The Bertz CT molecular complexity index is 810. The van der Waals surface area contributed by atoms with Gasteiger partial charge in [-0.3, -0.25) is 4.79 Å². The molecule has 132 valence electrons. The highest BCUT2D eigenvalue weighted by Gasteiger charge is 2.17. The van der Waals surface area contributed by atoms with E-state index in [1.165, 1.54) is 0 Å². The van der Waals surface area contributed by atoms with Crippen molar-refractivity contribution in [3.8, 4) is 0 Å². The van der Waals surface area contributed by atoms with Crippen LogP contribution in [0.4, 0.5) is 0 Å². The Hall–Kier alpha value is -2.18. The van der Waals surface area contributed by atoms with E-state index in [1.807, 2.05) is 0 Å². The molecule has 1 saturated heterocycles. The number of benzene rings is 2. The van der Waals surface area contributed by atoms with Gasteiger partial charge in [0.25, 0.3) is 5.91 Å². The van der Waals surface area contributed by atoms with Crippen molar-refractivity contribution in [2.24, 2.45) is 0 Å². The molecule has 6 heteroatoms. The molecule has 0 aliphatic carbocycles. The van der Waals surface area contributed by atoms with Crippen LogP contribution in [0.5, 0.6) is 0 Å². The standard InChI is InChI=1S/C19H21NO4S/c21-19(20-13-17-5-4-12-24-17)16-10-8-15(9-11-16)14-25(22,23)18-6-2-1-3-7-18/h1-3,6-11,17H,4-5,12-14H2,(H,20,21). The Morgan fingerprint density at radius 1 is 1.08 bits per heavy atom. The maximum absolute atomic E-state index is 12.4. The topological polar surface area (TPSA) is 72.5 Å². The number of carbonyl (C=O) groups is 1. The molecular weight excluding hydrogens is 338 g/mol. The third kappa shape index (κ3) is 4.67. The minimum Gasteiger partial charge on any atom is -0.376 e. The normalized spacial score (nSPS) is 17.4. The molecule has 0 aromatic heterocycles. The van der Waals surface area contributed by atoms with Gasteiger partial charge in [-0.15, -0.1) is 0 Å². The molecule has 25 heavy (non-hydrogen) atoms. The van der Waals surface area contributed by atoms with E-state index >= 15 is 0 Å². The first-order valence-corrected chi connectivity index (χ1v) is 9.96. The van der Waals surface area contributed by atoms with E-state index < -0.39 is 9.84 Å². The zero-order valence-corrected chi connectivity index (χ0v) is 14.7. The predicted octanol–water partition coefficient (Wildman–Crippen LogP) is 2.57. The molecule has 0 spiro atoms. The molecule has 1 aliphatic rings. The van der Waals surface area contributed by atoms with Crippen molar-refractivity contribution in [1.82, 2.24) is 5.32 Å². The number of hydrogen-bond acceptors (Lipinski definition) is 4. The lowest BCUT2D eigenvalue weighted by Gasteiger charge is -2.11. The predicted molar refractivity (Wildman–Crippen MR) is 95.1 cm³/mol. The highest BCUT2D eigenvalue weighted by molar-refractivity contribution is 7.90. The number of nitrogens with one attached hydrogen (secondary N) is 1. The second kappa shape index (κ2) is 7.80. The van der Waals surface area contributed by atoms with Crippen LogP contribution in [0.3, 0.4) is 0 Å². The lowest BCUT2D eigenvalue weighted by Crippen LogP contribution is -2.31. The van der Waals surface area contributed by atoms with Gasteiger partial charge in [0.1, 0.15) is 0 Å². The van der Waals surface area contributed by atoms with E-state index in [9.17, 15) is 13.2 Å². The Kier molecular flexibility index (Phi) is 5.50. The Morgan fingerprint density at radius 2 is 1.80 bits per heavy atom. The first kappa shape index (κ1) is 17.6. The van der Waals surface area contributed by atoms with Crippen molar-refractivity contribution in [3.05, 3.63) is 65.7 Å². The molecule has 1 unspecified atom stereocenters. The number of amides is 1. The molecule has 1 amide bonds. The first-order chi connectivity index (χ1) is 12.0. The second-order valence-corrected chi connectivity index (χ2v) is 8.10. The van der Waals surface area contributed by atoms with Gasteiger partial charge in [0.2, 0.25) is 0 Å². The molecule has 0 bridgehead atoms. The van der Waals surface area contributed by atoms with Gasteiger partial charge in [0.05, 0.1) is 16.8 Å². The maximum Gasteiger partial charge on any atom is 0.251 e. The van der Waals surface area contributed by atoms with Crippen molar-refractivity contribution in [1.29, 1.82) is 0 Å². The van der Waals surface area contributed by atoms with Gasteiger partial charge in [0.15, 0.2) is 9.84 Å². The molecule has 1 fully saturated rings. The van der Waals surface area contributed by atoms with Crippen LogP contribution in [0.25, 0.3) is 0 Å². The summed E-state index contributed by atoms with van der Waals surface area (Å²) < 4.78 is 30.2. The number of ether oxygens (including phenoxy) is 1. The largest absolute Gasteiger partial charge is 0.376 e. The van der Waals surface area contributed by atoms with Gasteiger partial charge in [-0.2, -0.15) is 0 Å². The third-order valence-electron chi connectivity index (χ3n) is 4.19. The van der Waals surface area contributed by atoms with Gasteiger partial charge in [0, 0.05) is 18.7 Å². The Labute approximate surface area is 147 Å². The van der Waals surface area contributed by atoms with E-state index in [-0.39, 0.29) is 17.8 Å². The van der Waals surface area contributed by atoms with Crippen molar-refractivity contribution in [2.75, 3.05) is 13.2 Å². The highest BCUT2D eigenvalue weighted by atomic mass is 32.2. The average Bonchev–Trinajstić information content (AvgIpc) is 3.14. The SMILES string of the molecule is O=C(NCC1CCCO1)c1ccc(CS(=O)(=O)c2ccccc2)cc1. The number of carbonyl (C=O) groups excluding carboxylic acids is 1. The quantitative estimate of drug-likeness (QED) is 0.860. The van der Waals surface area contributed by atoms with Crippen molar-refractivity contribution >= 4 is 15.7 Å². The van der Waals surface area contributed by atoms with Crippen LogP contribution in [0.1, 0.15) is 28.8 Å². The molecule has 2 aromatic carbocycles. The molecule has 1 aliphatic heterocycles. The summed E-state index contributed by atoms with van der Waals surface area (Å²) in [5.74, 6) is -0.262. The van der Waals surface area contributed by atoms with Crippen LogP contribution >= 0.6 is 0 Å². The Balaban J connectivity index is 1.61. The lowest BCUT2D eigenvalue weighted by atomic mass is 10.1. The average molecular weight is 359 g/mol. The molecule has 3 rings (SSSR count). The fraction of sp³-hybridized carbons (Fsp3) is 0.316. The number of sulfone groups is 1. The molecule has 5 nitrogen and oxygen atoms in total.